The summed E-state index contributed by atoms with van der Waals surface area (Å²) in [5, 5.41) is 36.5. The Labute approximate surface area is 355 Å². The third-order valence-corrected chi connectivity index (χ3v) is 10.4. The zero-order valence-electron chi connectivity index (χ0n) is 34.8. The van der Waals surface area contributed by atoms with Gasteiger partial charge in [-0.1, -0.05) is 6.92 Å². The number of carbonyl (C=O) groups is 6. The fraction of sp³-hybridized carbons (Fsp3) is 0.824. The summed E-state index contributed by atoms with van der Waals surface area (Å²) in [6.07, 6.45) is -0.0506. The van der Waals surface area contributed by atoms with Gasteiger partial charge < -0.3 is 60.3 Å². The summed E-state index contributed by atoms with van der Waals surface area (Å²) in [6.45, 7) is 3.60. The van der Waals surface area contributed by atoms with Gasteiger partial charge in [0.15, 0.2) is 0 Å². The van der Waals surface area contributed by atoms with E-state index in [4.69, 9.17) is 9.47 Å². The molecule has 61 heavy (non-hydrogen) atoms. The highest BCUT2D eigenvalue weighted by Crippen LogP contribution is 2.40. The minimum atomic E-state index is -4.75. The molecule has 0 radical (unpaired) electrons. The molecule has 1 fully saturated rings. The van der Waals surface area contributed by atoms with Gasteiger partial charge in [0.1, 0.15) is 18.6 Å². The van der Waals surface area contributed by atoms with E-state index in [0.29, 0.717) is 44.2 Å². The number of hydrogen-bond acceptors (Lipinski definition) is 15. The number of carboxylic acids is 3. The highest BCUT2D eigenvalue weighted by atomic mass is 31.2. The molecule has 1 aliphatic heterocycles. The number of carboxylic acid groups (broad SMARTS) is 3. The number of rotatable bonds is 30. The molecule has 0 saturated carbocycles. The summed E-state index contributed by atoms with van der Waals surface area (Å²) >= 11 is 0. The van der Waals surface area contributed by atoms with Crippen molar-refractivity contribution in [1.29, 1.82) is 0 Å². The SMILES string of the molecule is CCCOCCOCCCNC(=O)[C@@H](CCCCNC(=O)CN(CP(=O)(O)O)CP(=O)(O)O)NC(=O)CN1CCN(CC(=O)O)CCN(CC(=O)O)CCN(CC(=O)O)CC1. The Balaban J connectivity index is 3.02. The Bertz CT molecular complexity index is 1400. The first-order valence-corrected chi connectivity index (χ1v) is 23.6. The highest BCUT2D eigenvalue weighted by Gasteiger charge is 2.28. The zero-order chi connectivity index (χ0) is 45.8. The fourth-order valence-electron chi connectivity index (χ4n) is 6.10. The maximum atomic E-state index is 13.6. The molecule has 354 valence electrons. The smallest absolute Gasteiger partial charge is 0.339 e. The van der Waals surface area contributed by atoms with Crippen molar-refractivity contribution in [1.82, 2.24) is 40.4 Å². The Morgan fingerprint density at radius 2 is 1.02 bits per heavy atom. The van der Waals surface area contributed by atoms with Crippen molar-refractivity contribution in [2.24, 2.45) is 0 Å². The molecule has 0 bridgehead atoms. The van der Waals surface area contributed by atoms with Crippen LogP contribution in [0.1, 0.15) is 39.0 Å². The van der Waals surface area contributed by atoms with Crippen LogP contribution < -0.4 is 16.0 Å². The maximum Gasteiger partial charge on any atom is 0.339 e. The second-order valence-electron chi connectivity index (χ2n) is 14.6. The van der Waals surface area contributed by atoms with Crippen LogP contribution in [0.5, 0.6) is 0 Å². The van der Waals surface area contributed by atoms with Gasteiger partial charge in [0.2, 0.25) is 17.7 Å². The molecule has 0 aromatic carbocycles. The molecule has 0 aromatic heterocycles. The molecule has 1 atom stereocenters. The highest BCUT2D eigenvalue weighted by molar-refractivity contribution is 7.52. The van der Waals surface area contributed by atoms with Gasteiger partial charge in [0.25, 0.3) is 0 Å². The Hall–Kier alpha value is -3.16. The molecule has 0 spiro atoms. The lowest BCUT2D eigenvalue weighted by Crippen LogP contribution is -2.52. The zero-order valence-corrected chi connectivity index (χ0v) is 36.6. The Morgan fingerprint density at radius 1 is 0.590 bits per heavy atom. The van der Waals surface area contributed by atoms with E-state index in [1.165, 1.54) is 0 Å². The predicted octanol–water partition coefficient (Wildman–Crippen LogP) is -3.25. The lowest BCUT2D eigenvalue weighted by atomic mass is 10.1. The van der Waals surface area contributed by atoms with Gasteiger partial charge in [-0.15, -0.1) is 0 Å². The van der Waals surface area contributed by atoms with Crippen molar-refractivity contribution in [3.05, 3.63) is 0 Å². The molecule has 25 nitrogen and oxygen atoms in total. The van der Waals surface area contributed by atoms with E-state index >= 15 is 0 Å². The third-order valence-electron chi connectivity index (χ3n) is 8.89. The van der Waals surface area contributed by atoms with E-state index in [1.54, 1.807) is 19.6 Å². The molecule has 1 saturated heterocycles. The first kappa shape index (κ1) is 55.9. The molecular formula is C34H66N8O17P2. The number of nitrogens with zero attached hydrogens (tertiary/aromatic N) is 5. The molecular weight excluding hydrogens is 854 g/mol. The first-order chi connectivity index (χ1) is 28.6. The molecule has 3 amide bonds. The Morgan fingerprint density at radius 3 is 1.44 bits per heavy atom. The minimum absolute atomic E-state index is 0.0294. The van der Waals surface area contributed by atoms with Crippen LogP contribution in [0, 0.1) is 0 Å². The van der Waals surface area contributed by atoms with Crippen molar-refractivity contribution >= 4 is 50.8 Å². The van der Waals surface area contributed by atoms with Crippen molar-refractivity contribution in [2.75, 3.05) is 137 Å². The molecule has 10 N–H and O–H groups in total. The second-order valence-corrected chi connectivity index (χ2v) is 17.8. The van der Waals surface area contributed by atoms with E-state index in [0.717, 1.165) is 6.42 Å². The van der Waals surface area contributed by atoms with Gasteiger partial charge in [0, 0.05) is 78.7 Å². The monoisotopic (exact) mass is 920 g/mol. The van der Waals surface area contributed by atoms with Crippen LogP contribution in [-0.4, -0.2) is 238 Å². The van der Waals surface area contributed by atoms with Gasteiger partial charge in [-0.05, 0) is 32.1 Å². The van der Waals surface area contributed by atoms with E-state index in [1.807, 2.05) is 6.92 Å². The molecule has 0 aliphatic carbocycles. The number of carbonyl (C=O) groups excluding carboxylic acids is 3. The number of nitrogens with one attached hydrogen (secondary N) is 3. The van der Waals surface area contributed by atoms with Crippen LogP contribution in [0.3, 0.4) is 0 Å². The molecule has 1 heterocycles. The summed E-state index contributed by atoms with van der Waals surface area (Å²) in [6, 6.07) is -1.03. The molecule has 27 heteroatoms. The normalized spacial score (nSPS) is 16.3. The van der Waals surface area contributed by atoms with Gasteiger partial charge in [-0.3, -0.25) is 62.4 Å². The van der Waals surface area contributed by atoms with Gasteiger partial charge in [-0.2, -0.15) is 0 Å². The quantitative estimate of drug-likeness (QED) is 0.0250. The number of aliphatic carboxylic acids is 3. The lowest BCUT2D eigenvalue weighted by Gasteiger charge is -2.33. The van der Waals surface area contributed by atoms with E-state index in [-0.39, 0.29) is 104 Å². The van der Waals surface area contributed by atoms with Gasteiger partial charge >= 0.3 is 33.1 Å². The summed E-state index contributed by atoms with van der Waals surface area (Å²) in [5.41, 5.74) is 0. The standard InChI is InChI=1S/C34H66N8O17P2/c1-2-17-58-19-20-59-18-5-8-36-34(51)28(6-3-4-7-35-29(43)21-42(26-60(52,53)54)27-61(55,56)57)37-30(44)22-38-9-11-39(23-31(45)46)13-15-41(25-33(49)50)16-14-40(12-10-38)24-32(47)48/h28H,2-27H2,1H3,(H,35,43)(H,36,51)(H,37,44)(H,45,46)(H,47,48)(H,49,50)(H2,52,53,54)(H2,55,56,57)/t28-/m1/s1. The van der Waals surface area contributed by atoms with E-state index in [2.05, 4.69) is 16.0 Å². The van der Waals surface area contributed by atoms with E-state index < -0.39 is 76.0 Å². The maximum absolute atomic E-state index is 13.6. The number of ether oxygens (including phenoxy) is 2. The molecule has 0 unspecified atom stereocenters. The largest absolute Gasteiger partial charge is 0.480 e. The summed E-state index contributed by atoms with van der Waals surface area (Å²) < 4.78 is 33.7. The third kappa shape index (κ3) is 31.4. The summed E-state index contributed by atoms with van der Waals surface area (Å²) in [5.74, 6) is -5.08. The van der Waals surface area contributed by atoms with Crippen LogP contribution in [0.2, 0.25) is 0 Å². The average Bonchev–Trinajstić information content (AvgIpc) is 3.12. The van der Waals surface area contributed by atoms with Gasteiger partial charge in [0.05, 0.1) is 45.9 Å². The van der Waals surface area contributed by atoms with E-state index in [9.17, 15) is 72.8 Å². The predicted molar refractivity (Wildman–Crippen MR) is 218 cm³/mol. The van der Waals surface area contributed by atoms with Crippen molar-refractivity contribution in [2.45, 2.75) is 45.1 Å². The summed E-state index contributed by atoms with van der Waals surface area (Å²) in [7, 11) is -9.50. The minimum Gasteiger partial charge on any atom is -0.480 e. The number of unbranched alkanes of at least 4 members (excludes halogenated alkanes) is 1. The lowest BCUT2D eigenvalue weighted by molar-refractivity contribution is -0.140. The van der Waals surface area contributed by atoms with Crippen LogP contribution in [0.25, 0.3) is 0 Å². The van der Waals surface area contributed by atoms with Crippen LogP contribution in [0.4, 0.5) is 0 Å². The molecule has 0 aromatic rings. The van der Waals surface area contributed by atoms with Crippen molar-refractivity contribution < 1.29 is 82.3 Å². The Kier molecular flexibility index (Phi) is 28.2. The van der Waals surface area contributed by atoms with Crippen LogP contribution in [-0.2, 0) is 47.4 Å². The average molecular weight is 921 g/mol. The number of amides is 3. The summed E-state index contributed by atoms with van der Waals surface area (Å²) in [4.78, 5) is 118. The van der Waals surface area contributed by atoms with Crippen LogP contribution in [0.15, 0.2) is 0 Å². The van der Waals surface area contributed by atoms with Crippen molar-refractivity contribution in [3.8, 4) is 0 Å². The first-order valence-electron chi connectivity index (χ1n) is 20.0. The number of hydrogen-bond donors (Lipinski definition) is 10. The molecule has 1 rings (SSSR count). The van der Waals surface area contributed by atoms with Crippen LogP contribution >= 0.6 is 15.2 Å². The van der Waals surface area contributed by atoms with Gasteiger partial charge in [-0.25, -0.2) is 0 Å². The fourth-order valence-corrected chi connectivity index (χ4v) is 7.70. The van der Waals surface area contributed by atoms with Crippen molar-refractivity contribution in [3.63, 3.8) is 0 Å². The molecule has 1 aliphatic rings. The second kappa shape index (κ2) is 30.8. The topological polar surface area (TPSA) is 349 Å².